The molecular formula is C28H24ClN3O7. The highest BCUT2D eigenvalue weighted by Crippen LogP contribution is 2.37. The maximum atomic E-state index is 12.7. The lowest BCUT2D eigenvalue weighted by molar-refractivity contribution is -0.118. The number of carbonyl (C=O) groups is 3. The molecule has 2 N–H and O–H groups in total. The zero-order valence-corrected chi connectivity index (χ0v) is 22.0. The summed E-state index contributed by atoms with van der Waals surface area (Å²) in [6.45, 7) is -0.349. The zero-order valence-electron chi connectivity index (χ0n) is 21.2. The van der Waals surface area contributed by atoms with Crippen molar-refractivity contribution in [2.45, 2.75) is 0 Å². The van der Waals surface area contributed by atoms with Crippen LogP contribution in [0.4, 0.5) is 11.4 Å². The molecule has 3 rings (SSSR count). The van der Waals surface area contributed by atoms with Gasteiger partial charge in [-0.1, -0.05) is 11.6 Å². The van der Waals surface area contributed by atoms with E-state index in [9.17, 15) is 19.6 Å². The van der Waals surface area contributed by atoms with Gasteiger partial charge >= 0.3 is 5.97 Å². The minimum atomic E-state index is -0.672. The number of benzene rings is 3. The molecule has 0 radical (unpaired) electrons. The average molecular weight is 550 g/mol. The molecule has 11 heteroatoms. The van der Waals surface area contributed by atoms with Crippen LogP contribution in [-0.2, 0) is 14.3 Å². The quantitative estimate of drug-likeness (QED) is 0.211. The summed E-state index contributed by atoms with van der Waals surface area (Å²) in [5.41, 5.74) is 1.43. The molecule has 0 aromatic heterocycles. The number of nitrogens with zero attached hydrogens (tertiary/aromatic N) is 1. The highest BCUT2D eigenvalue weighted by Gasteiger charge is 2.16. The van der Waals surface area contributed by atoms with Crippen molar-refractivity contribution in [2.24, 2.45) is 0 Å². The van der Waals surface area contributed by atoms with E-state index in [1.807, 2.05) is 6.07 Å². The molecular weight excluding hydrogens is 526 g/mol. The summed E-state index contributed by atoms with van der Waals surface area (Å²) in [5.74, 6) is -0.640. The lowest BCUT2D eigenvalue weighted by Crippen LogP contribution is -2.20. The van der Waals surface area contributed by atoms with Crippen molar-refractivity contribution in [1.82, 2.24) is 0 Å². The number of methoxy groups -OCH3 is 3. The van der Waals surface area contributed by atoms with Crippen LogP contribution in [0.2, 0.25) is 5.02 Å². The minimum Gasteiger partial charge on any atom is -0.497 e. The van der Waals surface area contributed by atoms with Crippen molar-refractivity contribution in [2.75, 3.05) is 38.6 Å². The van der Waals surface area contributed by atoms with Crippen LogP contribution in [0.1, 0.15) is 15.9 Å². The van der Waals surface area contributed by atoms with E-state index in [2.05, 4.69) is 15.4 Å². The summed E-state index contributed by atoms with van der Waals surface area (Å²) in [7, 11) is 4.20. The summed E-state index contributed by atoms with van der Waals surface area (Å²) >= 11 is 6.38. The fraction of sp³-hybridized carbons (Fsp3) is 0.143. The molecule has 2 amide bonds. The first-order chi connectivity index (χ1) is 18.8. The van der Waals surface area contributed by atoms with E-state index in [4.69, 9.17) is 25.8 Å². The van der Waals surface area contributed by atoms with Gasteiger partial charge in [0.2, 0.25) is 0 Å². The zero-order chi connectivity index (χ0) is 28.4. The number of rotatable bonds is 10. The summed E-state index contributed by atoms with van der Waals surface area (Å²) in [5, 5.41) is 14.9. The smallest absolute Gasteiger partial charge is 0.337 e. The highest BCUT2D eigenvalue weighted by atomic mass is 35.5. The Hall–Kier alpha value is -5.01. The summed E-state index contributed by atoms with van der Waals surface area (Å²) in [4.78, 5) is 36.6. The van der Waals surface area contributed by atoms with Crippen molar-refractivity contribution < 1.29 is 33.3 Å². The second kappa shape index (κ2) is 13.5. The number of esters is 1. The van der Waals surface area contributed by atoms with E-state index >= 15 is 0 Å². The Morgan fingerprint density at radius 3 is 2.15 bits per heavy atom. The number of halogens is 1. The van der Waals surface area contributed by atoms with Gasteiger partial charge in [0.1, 0.15) is 17.4 Å². The Bertz CT molecular complexity index is 1430. The van der Waals surface area contributed by atoms with Crippen LogP contribution < -0.4 is 24.8 Å². The van der Waals surface area contributed by atoms with E-state index in [0.717, 1.165) is 0 Å². The van der Waals surface area contributed by atoms with Crippen molar-refractivity contribution in [1.29, 1.82) is 5.26 Å². The lowest BCUT2D eigenvalue weighted by Gasteiger charge is -2.14. The fourth-order valence-electron chi connectivity index (χ4n) is 3.29. The highest BCUT2D eigenvalue weighted by molar-refractivity contribution is 6.32. The monoisotopic (exact) mass is 549 g/mol. The van der Waals surface area contributed by atoms with Crippen LogP contribution in [0.15, 0.2) is 66.2 Å². The van der Waals surface area contributed by atoms with E-state index in [1.165, 1.54) is 56.7 Å². The van der Waals surface area contributed by atoms with E-state index in [1.54, 1.807) is 31.4 Å². The number of nitrogens with one attached hydrogen (secondary N) is 2. The fourth-order valence-corrected chi connectivity index (χ4v) is 3.57. The molecule has 0 aliphatic rings. The lowest BCUT2D eigenvalue weighted by atomic mass is 10.1. The molecule has 0 bridgehead atoms. The largest absolute Gasteiger partial charge is 0.497 e. The van der Waals surface area contributed by atoms with E-state index in [0.29, 0.717) is 28.3 Å². The normalized spacial score (nSPS) is 10.6. The van der Waals surface area contributed by atoms with Crippen molar-refractivity contribution in [3.05, 3.63) is 82.4 Å². The van der Waals surface area contributed by atoms with Gasteiger partial charge in [0.15, 0.2) is 18.1 Å². The maximum absolute atomic E-state index is 12.7. The van der Waals surface area contributed by atoms with Crippen LogP contribution in [0.3, 0.4) is 0 Å². The van der Waals surface area contributed by atoms with Crippen LogP contribution in [0.5, 0.6) is 17.2 Å². The molecule has 0 aliphatic heterocycles. The van der Waals surface area contributed by atoms with Gasteiger partial charge in [-0.25, -0.2) is 4.79 Å². The summed E-state index contributed by atoms with van der Waals surface area (Å²) in [6, 6.07) is 17.6. The second-order valence-electron chi connectivity index (χ2n) is 7.79. The number of anilines is 2. The third kappa shape index (κ3) is 7.74. The Morgan fingerprint density at radius 2 is 1.56 bits per heavy atom. The third-order valence-electron chi connectivity index (χ3n) is 5.21. The molecule has 10 nitrogen and oxygen atoms in total. The van der Waals surface area contributed by atoms with Crippen molar-refractivity contribution in [3.63, 3.8) is 0 Å². The first-order valence-electron chi connectivity index (χ1n) is 11.3. The van der Waals surface area contributed by atoms with Gasteiger partial charge < -0.3 is 29.6 Å². The topological polar surface area (TPSA) is 136 Å². The predicted octanol–water partition coefficient (Wildman–Crippen LogP) is 4.71. The van der Waals surface area contributed by atoms with E-state index in [-0.39, 0.29) is 28.7 Å². The Labute approximate surface area is 229 Å². The van der Waals surface area contributed by atoms with Gasteiger partial charge in [0.25, 0.3) is 11.8 Å². The first kappa shape index (κ1) is 28.6. The van der Waals surface area contributed by atoms with Crippen LogP contribution in [0, 0.1) is 11.3 Å². The first-order valence-corrected chi connectivity index (χ1v) is 11.7. The number of amides is 2. The molecule has 3 aromatic rings. The van der Waals surface area contributed by atoms with Gasteiger partial charge in [-0.15, -0.1) is 0 Å². The number of carbonyl (C=O) groups excluding carboxylic acids is 3. The molecule has 200 valence electrons. The van der Waals surface area contributed by atoms with Crippen LogP contribution in [-0.4, -0.2) is 45.7 Å². The Kier molecular flexibility index (Phi) is 9.89. The molecule has 0 spiro atoms. The number of nitriles is 1. The van der Waals surface area contributed by atoms with Gasteiger partial charge in [-0.05, 0) is 72.3 Å². The van der Waals surface area contributed by atoms with Crippen LogP contribution in [0.25, 0.3) is 6.08 Å². The minimum absolute atomic E-state index is 0.106. The van der Waals surface area contributed by atoms with E-state index < -0.39 is 17.8 Å². The molecule has 0 aliphatic carbocycles. The summed E-state index contributed by atoms with van der Waals surface area (Å²) in [6.07, 6.45) is 1.33. The second-order valence-corrected chi connectivity index (χ2v) is 8.20. The van der Waals surface area contributed by atoms with Gasteiger partial charge in [-0.3, -0.25) is 9.59 Å². The maximum Gasteiger partial charge on any atom is 0.337 e. The van der Waals surface area contributed by atoms with Gasteiger partial charge in [0, 0.05) is 11.4 Å². The molecule has 0 atom stereocenters. The predicted molar refractivity (Wildman–Crippen MR) is 145 cm³/mol. The van der Waals surface area contributed by atoms with Crippen molar-refractivity contribution in [3.8, 4) is 23.3 Å². The third-order valence-corrected chi connectivity index (χ3v) is 5.49. The number of hydrogen-bond acceptors (Lipinski definition) is 8. The Morgan fingerprint density at radius 1 is 0.923 bits per heavy atom. The van der Waals surface area contributed by atoms with Gasteiger partial charge in [-0.2, -0.15) is 5.26 Å². The molecule has 0 unspecified atom stereocenters. The molecule has 0 heterocycles. The van der Waals surface area contributed by atoms with Crippen LogP contribution >= 0.6 is 11.6 Å². The Balaban J connectivity index is 1.70. The number of ether oxygens (including phenoxy) is 4. The average Bonchev–Trinajstić information content (AvgIpc) is 2.95. The molecule has 0 saturated heterocycles. The SMILES string of the molecule is COC(=O)c1ccc(NC(=O)/C(C#N)=C\c2cc(Cl)c(OCC(=O)Nc3ccc(OC)cc3)c(OC)c2)cc1. The van der Waals surface area contributed by atoms with Gasteiger partial charge in [0.05, 0.1) is 31.9 Å². The number of hydrogen-bond donors (Lipinski definition) is 2. The summed E-state index contributed by atoms with van der Waals surface area (Å²) < 4.78 is 20.7. The molecule has 3 aromatic carbocycles. The molecule has 0 fully saturated rings. The standard InChI is InChI=1S/C28H24ClN3O7/c1-36-22-10-8-20(9-11-22)31-25(33)16-39-26-23(29)13-17(14-24(26)37-2)12-19(15-30)27(34)32-21-6-4-18(5-7-21)28(35)38-3/h4-14H,16H2,1-3H3,(H,31,33)(H,32,34)/b19-12-. The van der Waals surface area contributed by atoms with Crippen molar-refractivity contribution >= 4 is 46.8 Å². The molecule has 0 saturated carbocycles. The molecule has 39 heavy (non-hydrogen) atoms.